The predicted octanol–water partition coefficient (Wildman–Crippen LogP) is 3.23. The number of nitrogens with one attached hydrogen (secondary N) is 1. The van der Waals surface area contributed by atoms with Gasteiger partial charge in [-0.3, -0.25) is 14.4 Å². The van der Waals surface area contributed by atoms with Gasteiger partial charge in [-0.15, -0.1) is 0 Å². The van der Waals surface area contributed by atoms with Gasteiger partial charge in [-0.1, -0.05) is 62.4 Å². The maximum Gasteiger partial charge on any atom is 0.408 e. The van der Waals surface area contributed by atoms with E-state index in [0.29, 0.717) is 5.92 Å². The SMILES string of the molecule is O=C(O)CC(NC(=O)OCc1ccccc1)C(=O)COC(=O)CCC1CCCCC1. The Morgan fingerprint density at radius 1 is 1.03 bits per heavy atom. The minimum atomic E-state index is -1.34. The highest BCUT2D eigenvalue weighted by atomic mass is 16.5. The molecular weight excluding hydrogens is 390 g/mol. The molecule has 0 radical (unpaired) electrons. The highest BCUT2D eigenvalue weighted by molar-refractivity contribution is 5.92. The number of carbonyl (C=O) groups excluding carboxylic acids is 3. The van der Waals surface area contributed by atoms with Gasteiger partial charge < -0.3 is 19.9 Å². The van der Waals surface area contributed by atoms with Crippen LogP contribution < -0.4 is 5.32 Å². The van der Waals surface area contributed by atoms with Crippen molar-refractivity contribution in [1.29, 1.82) is 0 Å². The van der Waals surface area contributed by atoms with Gasteiger partial charge in [0.2, 0.25) is 0 Å². The third-order valence-electron chi connectivity index (χ3n) is 5.13. The van der Waals surface area contributed by atoms with E-state index in [4.69, 9.17) is 14.6 Å². The lowest BCUT2D eigenvalue weighted by atomic mass is 9.86. The summed E-state index contributed by atoms with van der Waals surface area (Å²) >= 11 is 0. The molecule has 0 bridgehead atoms. The number of benzene rings is 1. The van der Waals surface area contributed by atoms with Crippen LogP contribution in [0.5, 0.6) is 0 Å². The molecule has 1 aromatic carbocycles. The van der Waals surface area contributed by atoms with Gasteiger partial charge in [0.25, 0.3) is 0 Å². The lowest BCUT2D eigenvalue weighted by Crippen LogP contribution is -2.44. The Balaban J connectivity index is 1.75. The maximum absolute atomic E-state index is 12.3. The number of carboxylic acids is 1. The molecule has 1 aliphatic carbocycles. The summed E-state index contributed by atoms with van der Waals surface area (Å²) in [5, 5.41) is 11.3. The molecule has 8 heteroatoms. The number of Topliss-reactive ketones (excluding diaryl/α,β-unsaturated/α-hetero) is 1. The van der Waals surface area contributed by atoms with E-state index in [0.717, 1.165) is 24.8 Å². The zero-order valence-corrected chi connectivity index (χ0v) is 17.0. The molecule has 0 spiro atoms. The number of alkyl carbamates (subject to hydrolysis) is 1. The molecule has 1 amide bonds. The van der Waals surface area contributed by atoms with Gasteiger partial charge in [-0.05, 0) is 17.9 Å². The number of ether oxygens (including phenoxy) is 2. The number of carboxylic acid groups (broad SMARTS) is 1. The van der Waals surface area contributed by atoms with Crippen molar-refractivity contribution in [3.63, 3.8) is 0 Å². The summed E-state index contributed by atoms with van der Waals surface area (Å²) in [7, 11) is 0. The van der Waals surface area contributed by atoms with Crippen LogP contribution in [0.1, 0.15) is 56.9 Å². The van der Waals surface area contributed by atoms with Crippen molar-refractivity contribution in [2.24, 2.45) is 5.92 Å². The molecule has 1 saturated carbocycles. The number of esters is 1. The van der Waals surface area contributed by atoms with E-state index < -0.39 is 42.9 Å². The number of hydrogen-bond acceptors (Lipinski definition) is 6. The van der Waals surface area contributed by atoms with Crippen LogP contribution in [0.4, 0.5) is 4.79 Å². The number of hydrogen-bond donors (Lipinski definition) is 2. The average molecular weight is 419 g/mol. The van der Waals surface area contributed by atoms with E-state index in [1.165, 1.54) is 19.3 Å². The van der Waals surface area contributed by atoms with Crippen molar-refractivity contribution in [2.75, 3.05) is 6.61 Å². The third kappa shape index (κ3) is 9.07. The Bertz CT molecular complexity index is 713. The Hall–Kier alpha value is -2.90. The largest absolute Gasteiger partial charge is 0.481 e. The molecule has 0 saturated heterocycles. The van der Waals surface area contributed by atoms with Crippen molar-refractivity contribution < 1.29 is 33.8 Å². The molecule has 8 nitrogen and oxygen atoms in total. The van der Waals surface area contributed by atoms with E-state index >= 15 is 0 Å². The van der Waals surface area contributed by atoms with Crippen molar-refractivity contribution in [3.05, 3.63) is 35.9 Å². The molecule has 1 fully saturated rings. The van der Waals surface area contributed by atoms with E-state index in [9.17, 15) is 19.2 Å². The standard InChI is InChI=1S/C22H29NO7/c24-19(15-29-21(27)12-11-16-7-3-1-4-8-16)18(13-20(25)26)23-22(28)30-14-17-9-5-2-6-10-17/h2,5-6,9-10,16,18H,1,3-4,7-8,11-15H2,(H,23,28)(H,25,26). The molecule has 0 aromatic heterocycles. The number of carbonyl (C=O) groups is 4. The van der Waals surface area contributed by atoms with Crippen molar-refractivity contribution in [1.82, 2.24) is 5.32 Å². The summed E-state index contributed by atoms with van der Waals surface area (Å²) in [4.78, 5) is 47.2. The second-order valence-corrected chi connectivity index (χ2v) is 7.53. The fourth-order valence-electron chi connectivity index (χ4n) is 3.45. The van der Waals surface area contributed by atoms with Gasteiger partial charge in [0, 0.05) is 6.42 Å². The number of amides is 1. The fourth-order valence-corrected chi connectivity index (χ4v) is 3.45. The lowest BCUT2D eigenvalue weighted by molar-refractivity contribution is -0.149. The summed E-state index contributed by atoms with van der Waals surface area (Å²) in [6.45, 7) is -0.600. The van der Waals surface area contributed by atoms with Crippen LogP contribution in [0.15, 0.2) is 30.3 Å². The van der Waals surface area contributed by atoms with Crippen molar-refractivity contribution in [3.8, 4) is 0 Å². The summed E-state index contributed by atoms with van der Waals surface area (Å²) in [6.07, 6.45) is 5.25. The summed E-state index contributed by atoms with van der Waals surface area (Å²) < 4.78 is 10.0. The Labute approximate surface area is 175 Å². The van der Waals surface area contributed by atoms with Gasteiger partial charge >= 0.3 is 18.0 Å². The topological polar surface area (TPSA) is 119 Å². The first-order chi connectivity index (χ1) is 14.4. The quantitative estimate of drug-likeness (QED) is 0.529. The number of rotatable bonds is 11. The van der Waals surface area contributed by atoms with Crippen LogP contribution in [-0.2, 0) is 30.5 Å². The van der Waals surface area contributed by atoms with Crippen LogP contribution in [0, 0.1) is 5.92 Å². The first-order valence-corrected chi connectivity index (χ1v) is 10.3. The van der Waals surface area contributed by atoms with E-state index in [1.54, 1.807) is 24.3 Å². The van der Waals surface area contributed by atoms with Gasteiger partial charge in [-0.25, -0.2) is 4.79 Å². The molecule has 2 N–H and O–H groups in total. The zero-order chi connectivity index (χ0) is 21.8. The third-order valence-corrected chi connectivity index (χ3v) is 5.13. The molecule has 1 aromatic rings. The van der Waals surface area contributed by atoms with Crippen molar-refractivity contribution >= 4 is 23.8 Å². The molecular formula is C22H29NO7. The Kier molecular flexibility index (Phi) is 9.83. The minimum Gasteiger partial charge on any atom is -0.481 e. The van der Waals surface area contributed by atoms with Crippen LogP contribution in [-0.4, -0.2) is 41.6 Å². The lowest BCUT2D eigenvalue weighted by Gasteiger charge is -2.21. The second kappa shape index (κ2) is 12.6. The maximum atomic E-state index is 12.3. The summed E-state index contributed by atoms with van der Waals surface area (Å²) in [6, 6.07) is 7.59. The van der Waals surface area contributed by atoms with Crippen LogP contribution in [0.2, 0.25) is 0 Å². The van der Waals surface area contributed by atoms with Gasteiger partial charge in [0.15, 0.2) is 12.4 Å². The molecule has 30 heavy (non-hydrogen) atoms. The van der Waals surface area contributed by atoms with Crippen LogP contribution in [0.25, 0.3) is 0 Å². The first kappa shape index (κ1) is 23.4. The molecule has 1 unspecified atom stereocenters. The monoisotopic (exact) mass is 419 g/mol. The first-order valence-electron chi connectivity index (χ1n) is 10.3. The highest BCUT2D eigenvalue weighted by Crippen LogP contribution is 2.27. The Morgan fingerprint density at radius 2 is 1.73 bits per heavy atom. The smallest absolute Gasteiger partial charge is 0.408 e. The second-order valence-electron chi connectivity index (χ2n) is 7.53. The van der Waals surface area contributed by atoms with E-state index in [2.05, 4.69) is 5.32 Å². The molecule has 0 aliphatic heterocycles. The molecule has 1 aliphatic rings. The molecule has 2 rings (SSSR count). The summed E-state index contributed by atoms with van der Waals surface area (Å²) in [5.74, 6) is -1.93. The van der Waals surface area contributed by atoms with Gasteiger partial charge in [0.1, 0.15) is 12.6 Å². The molecule has 164 valence electrons. The average Bonchev–Trinajstić information content (AvgIpc) is 2.75. The van der Waals surface area contributed by atoms with Gasteiger partial charge in [0.05, 0.1) is 6.42 Å². The van der Waals surface area contributed by atoms with Crippen LogP contribution in [0.3, 0.4) is 0 Å². The zero-order valence-electron chi connectivity index (χ0n) is 17.0. The molecule has 0 heterocycles. The molecule has 1 atom stereocenters. The number of aliphatic carboxylic acids is 1. The highest BCUT2D eigenvalue weighted by Gasteiger charge is 2.25. The normalized spacial score (nSPS) is 15.1. The summed E-state index contributed by atoms with van der Waals surface area (Å²) in [5.41, 5.74) is 0.751. The van der Waals surface area contributed by atoms with E-state index in [-0.39, 0.29) is 13.0 Å². The number of ketones is 1. The van der Waals surface area contributed by atoms with Crippen LogP contribution >= 0.6 is 0 Å². The minimum absolute atomic E-state index is 0.0171. The van der Waals surface area contributed by atoms with Gasteiger partial charge in [-0.2, -0.15) is 0 Å². The predicted molar refractivity (Wildman–Crippen MR) is 108 cm³/mol. The fraction of sp³-hybridized carbons (Fsp3) is 0.545. The Morgan fingerprint density at radius 3 is 2.40 bits per heavy atom. The van der Waals surface area contributed by atoms with E-state index in [1.807, 2.05) is 6.07 Å². The van der Waals surface area contributed by atoms with Crippen molar-refractivity contribution in [2.45, 2.75) is 64.0 Å².